The predicted molar refractivity (Wildman–Crippen MR) is 66.8 cm³/mol. The number of carbonyl (C=O) groups is 1. The molecule has 1 N–H and O–H groups in total. The number of carbonyl (C=O) groups excluding carboxylic acids is 1. The van der Waals surface area contributed by atoms with Gasteiger partial charge in [-0.05, 0) is 26.7 Å². The standard InChI is InChI=1S/C13H25NO3/c1-3-17-13(16)11(2)14(9-10-15)12-7-5-4-6-8-12/h11-12,15H,3-10H2,1-2H3. The summed E-state index contributed by atoms with van der Waals surface area (Å²) in [7, 11) is 0. The van der Waals surface area contributed by atoms with Gasteiger partial charge < -0.3 is 9.84 Å². The minimum atomic E-state index is -0.245. The lowest BCUT2D eigenvalue weighted by molar-refractivity contribution is -0.150. The normalized spacial score (nSPS) is 19.3. The fourth-order valence-electron chi connectivity index (χ4n) is 2.62. The first kappa shape index (κ1) is 14.5. The van der Waals surface area contributed by atoms with E-state index in [1.165, 1.54) is 19.3 Å². The van der Waals surface area contributed by atoms with E-state index >= 15 is 0 Å². The summed E-state index contributed by atoms with van der Waals surface area (Å²) in [5, 5.41) is 9.13. The minimum Gasteiger partial charge on any atom is -0.465 e. The van der Waals surface area contributed by atoms with E-state index in [-0.39, 0.29) is 18.6 Å². The molecule has 0 aromatic rings. The van der Waals surface area contributed by atoms with Crippen molar-refractivity contribution in [1.29, 1.82) is 0 Å². The topological polar surface area (TPSA) is 49.8 Å². The number of ether oxygens (including phenoxy) is 1. The minimum absolute atomic E-state index is 0.0975. The van der Waals surface area contributed by atoms with E-state index < -0.39 is 0 Å². The number of hydrogen-bond donors (Lipinski definition) is 1. The second kappa shape index (κ2) is 7.67. The van der Waals surface area contributed by atoms with E-state index in [0.717, 1.165) is 12.8 Å². The van der Waals surface area contributed by atoms with Crippen molar-refractivity contribution in [3.05, 3.63) is 0 Å². The Morgan fingerprint density at radius 3 is 2.59 bits per heavy atom. The molecule has 0 aromatic heterocycles. The lowest BCUT2D eigenvalue weighted by Crippen LogP contribution is -2.48. The van der Waals surface area contributed by atoms with Crippen molar-refractivity contribution in [3.8, 4) is 0 Å². The quantitative estimate of drug-likeness (QED) is 0.719. The Bertz CT molecular complexity index is 227. The van der Waals surface area contributed by atoms with Gasteiger partial charge in [0.15, 0.2) is 0 Å². The molecular weight excluding hydrogens is 218 g/mol. The lowest BCUT2D eigenvalue weighted by atomic mass is 9.93. The second-order valence-electron chi connectivity index (χ2n) is 4.68. The first-order chi connectivity index (χ1) is 8.20. The summed E-state index contributed by atoms with van der Waals surface area (Å²) in [5.74, 6) is -0.175. The zero-order chi connectivity index (χ0) is 12.7. The van der Waals surface area contributed by atoms with E-state index in [2.05, 4.69) is 4.90 Å². The van der Waals surface area contributed by atoms with Gasteiger partial charge in [0, 0.05) is 12.6 Å². The Balaban J connectivity index is 2.59. The van der Waals surface area contributed by atoms with Crippen LogP contribution < -0.4 is 0 Å². The second-order valence-corrected chi connectivity index (χ2v) is 4.68. The summed E-state index contributed by atoms with van der Waals surface area (Å²) in [6, 6.07) is 0.181. The van der Waals surface area contributed by atoms with Crippen molar-refractivity contribution in [1.82, 2.24) is 4.90 Å². The van der Waals surface area contributed by atoms with Crippen LogP contribution in [0.25, 0.3) is 0 Å². The fourth-order valence-corrected chi connectivity index (χ4v) is 2.62. The summed E-state index contributed by atoms with van der Waals surface area (Å²) in [6.45, 7) is 4.77. The van der Waals surface area contributed by atoms with Crippen LogP contribution in [0.4, 0.5) is 0 Å². The van der Waals surface area contributed by atoms with Crippen molar-refractivity contribution in [2.45, 2.75) is 58.0 Å². The van der Waals surface area contributed by atoms with Crippen molar-refractivity contribution in [2.24, 2.45) is 0 Å². The molecule has 1 unspecified atom stereocenters. The third-order valence-electron chi connectivity index (χ3n) is 3.53. The molecule has 100 valence electrons. The largest absolute Gasteiger partial charge is 0.465 e. The average Bonchev–Trinajstić information content (AvgIpc) is 2.36. The SMILES string of the molecule is CCOC(=O)C(C)N(CCO)C1CCCCC1. The predicted octanol–water partition coefficient (Wildman–Crippen LogP) is 1.56. The highest BCUT2D eigenvalue weighted by Crippen LogP contribution is 2.24. The summed E-state index contributed by atoms with van der Waals surface area (Å²) in [5.41, 5.74) is 0. The lowest BCUT2D eigenvalue weighted by Gasteiger charge is -2.37. The fraction of sp³-hybridized carbons (Fsp3) is 0.923. The molecule has 0 bridgehead atoms. The van der Waals surface area contributed by atoms with E-state index in [1.54, 1.807) is 0 Å². The van der Waals surface area contributed by atoms with Crippen LogP contribution in [-0.2, 0) is 9.53 Å². The Morgan fingerprint density at radius 1 is 1.41 bits per heavy atom. The van der Waals surface area contributed by atoms with Crippen molar-refractivity contribution in [3.63, 3.8) is 0 Å². The molecule has 1 saturated carbocycles. The number of hydrogen-bond acceptors (Lipinski definition) is 4. The van der Waals surface area contributed by atoms with Gasteiger partial charge in [-0.15, -0.1) is 0 Å². The summed E-state index contributed by atoms with van der Waals surface area (Å²) < 4.78 is 5.06. The van der Waals surface area contributed by atoms with Crippen LogP contribution in [-0.4, -0.2) is 47.8 Å². The van der Waals surface area contributed by atoms with Crippen LogP contribution >= 0.6 is 0 Å². The van der Waals surface area contributed by atoms with Gasteiger partial charge in [0.2, 0.25) is 0 Å². The van der Waals surface area contributed by atoms with Gasteiger partial charge in [-0.1, -0.05) is 19.3 Å². The Labute approximate surface area is 104 Å². The highest BCUT2D eigenvalue weighted by atomic mass is 16.5. The maximum atomic E-state index is 11.8. The maximum Gasteiger partial charge on any atom is 0.323 e. The maximum absolute atomic E-state index is 11.8. The van der Waals surface area contributed by atoms with E-state index in [1.807, 2.05) is 13.8 Å². The summed E-state index contributed by atoms with van der Waals surface area (Å²) >= 11 is 0. The Kier molecular flexibility index (Phi) is 6.52. The van der Waals surface area contributed by atoms with Crippen LogP contribution in [0.5, 0.6) is 0 Å². The van der Waals surface area contributed by atoms with Gasteiger partial charge in [-0.3, -0.25) is 9.69 Å². The zero-order valence-corrected chi connectivity index (χ0v) is 11.0. The molecule has 0 aliphatic heterocycles. The van der Waals surface area contributed by atoms with Gasteiger partial charge in [-0.25, -0.2) is 0 Å². The molecular formula is C13H25NO3. The third kappa shape index (κ3) is 4.28. The average molecular weight is 243 g/mol. The van der Waals surface area contributed by atoms with Gasteiger partial charge in [0.25, 0.3) is 0 Å². The molecule has 1 rings (SSSR count). The van der Waals surface area contributed by atoms with Crippen molar-refractivity contribution in [2.75, 3.05) is 19.8 Å². The Morgan fingerprint density at radius 2 is 2.06 bits per heavy atom. The van der Waals surface area contributed by atoms with Crippen LogP contribution in [0.15, 0.2) is 0 Å². The van der Waals surface area contributed by atoms with Crippen LogP contribution in [0.3, 0.4) is 0 Å². The molecule has 1 aliphatic carbocycles. The first-order valence-corrected chi connectivity index (χ1v) is 6.74. The number of aliphatic hydroxyl groups is 1. The van der Waals surface area contributed by atoms with E-state index in [4.69, 9.17) is 9.84 Å². The van der Waals surface area contributed by atoms with Gasteiger partial charge >= 0.3 is 5.97 Å². The third-order valence-corrected chi connectivity index (χ3v) is 3.53. The molecule has 1 atom stereocenters. The molecule has 0 amide bonds. The monoisotopic (exact) mass is 243 g/mol. The number of rotatable bonds is 6. The van der Waals surface area contributed by atoms with Gasteiger partial charge in [0.05, 0.1) is 13.2 Å². The summed E-state index contributed by atoms with van der Waals surface area (Å²) in [4.78, 5) is 13.9. The molecule has 1 fully saturated rings. The zero-order valence-electron chi connectivity index (χ0n) is 11.0. The first-order valence-electron chi connectivity index (χ1n) is 6.74. The molecule has 0 saturated heterocycles. The highest BCUT2D eigenvalue weighted by Gasteiger charge is 2.29. The molecule has 1 aliphatic rings. The van der Waals surface area contributed by atoms with E-state index in [9.17, 15) is 4.79 Å². The van der Waals surface area contributed by atoms with Gasteiger partial charge in [0.1, 0.15) is 6.04 Å². The Hall–Kier alpha value is -0.610. The van der Waals surface area contributed by atoms with Gasteiger partial charge in [-0.2, -0.15) is 0 Å². The number of aliphatic hydroxyl groups excluding tert-OH is 1. The molecule has 17 heavy (non-hydrogen) atoms. The van der Waals surface area contributed by atoms with Crippen molar-refractivity contribution < 1.29 is 14.6 Å². The smallest absolute Gasteiger partial charge is 0.323 e. The molecule has 4 heteroatoms. The van der Waals surface area contributed by atoms with Crippen LogP contribution in [0.2, 0.25) is 0 Å². The molecule has 0 spiro atoms. The number of esters is 1. The molecule has 0 aromatic carbocycles. The van der Waals surface area contributed by atoms with Crippen LogP contribution in [0.1, 0.15) is 46.0 Å². The highest BCUT2D eigenvalue weighted by molar-refractivity contribution is 5.75. The number of nitrogens with zero attached hydrogens (tertiary/aromatic N) is 1. The molecule has 4 nitrogen and oxygen atoms in total. The van der Waals surface area contributed by atoms with E-state index in [0.29, 0.717) is 19.2 Å². The van der Waals surface area contributed by atoms with Crippen molar-refractivity contribution >= 4 is 5.97 Å². The van der Waals surface area contributed by atoms with Crippen LogP contribution in [0, 0.1) is 0 Å². The molecule has 0 radical (unpaired) electrons. The summed E-state index contributed by atoms with van der Waals surface area (Å²) in [6.07, 6.45) is 6.00. The molecule has 0 heterocycles.